The van der Waals surface area contributed by atoms with Crippen LogP contribution in [-0.2, 0) is 6.54 Å². The topological polar surface area (TPSA) is 63.7 Å². The normalized spacial score (nSPS) is 10.7. The van der Waals surface area contributed by atoms with E-state index in [9.17, 15) is 4.79 Å². The van der Waals surface area contributed by atoms with Crippen molar-refractivity contribution in [2.45, 2.75) is 6.54 Å². The first-order chi connectivity index (χ1) is 11.5. The van der Waals surface area contributed by atoms with Gasteiger partial charge in [-0.2, -0.15) is 0 Å². The van der Waals surface area contributed by atoms with Crippen LogP contribution in [0.4, 0.5) is 5.13 Å². The molecule has 1 aromatic carbocycles. The molecule has 0 fully saturated rings. The van der Waals surface area contributed by atoms with E-state index in [4.69, 9.17) is 9.47 Å². The van der Waals surface area contributed by atoms with Crippen LogP contribution < -0.4 is 14.8 Å². The van der Waals surface area contributed by atoms with Gasteiger partial charge in [0.25, 0.3) is 0 Å². The molecule has 1 aromatic heterocycles. The van der Waals surface area contributed by atoms with Gasteiger partial charge < -0.3 is 19.7 Å². The molecule has 0 saturated heterocycles. The Morgan fingerprint density at radius 1 is 1.33 bits per heavy atom. The lowest BCUT2D eigenvalue weighted by Crippen LogP contribution is -2.02. The van der Waals surface area contributed by atoms with Crippen LogP contribution in [0.2, 0.25) is 0 Å². The molecular weight excluding hydrogens is 326 g/mol. The van der Waals surface area contributed by atoms with E-state index in [-0.39, 0.29) is 5.78 Å². The van der Waals surface area contributed by atoms with Crippen molar-refractivity contribution in [1.29, 1.82) is 0 Å². The number of nitrogens with zero attached hydrogens (tertiary/aromatic N) is 2. The fraction of sp³-hybridized carbons (Fsp3) is 0.294. The average Bonchev–Trinajstić information content (AvgIpc) is 3.06. The minimum atomic E-state index is -0.0590. The Kier molecular flexibility index (Phi) is 6.20. The zero-order valence-electron chi connectivity index (χ0n) is 14.2. The van der Waals surface area contributed by atoms with Crippen LogP contribution in [0.15, 0.2) is 36.7 Å². The number of methoxy groups -OCH3 is 2. The van der Waals surface area contributed by atoms with Gasteiger partial charge in [0.2, 0.25) is 0 Å². The van der Waals surface area contributed by atoms with Crippen LogP contribution in [0.25, 0.3) is 0 Å². The van der Waals surface area contributed by atoms with E-state index in [0.717, 1.165) is 17.1 Å². The molecule has 0 aliphatic rings. The van der Waals surface area contributed by atoms with Gasteiger partial charge in [-0.15, -0.1) is 0 Å². The Labute approximate surface area is 145 Å². The number of carbonyl (C=O) groups excluding carboxylic acids is 1. The lowest BCUT2D eigenvalue weighted by Gasteiger charge is -2.10. The molecule has 0 saturated carbocycles. The summed E-state index contributed by atoms with van der Waals surface area (Å²) in [6, 6.07) is 5.65. The molecule has 1 N–H and O–H groups in total. The molecule has 0 atom stereocenters. The summed E-state index contributed by atoms with van der Waals surface area (Å²) in [7, 11) is 6.97. The van der Waals surface area contributed by atoms with E-state index >= 15 is 0 Å². The van der Waals surface area contributed by atoms with Crippen molar-refractivity contribution in [2.24, 2.45) is 0 Å². The minimum Gasteiger partial charge on any atom is -0.497 e. The second kappa shape index (κ2) is 8.35. The summed E-state index contributed by atoms with van der Waals surface area (Å²) in [5, 5.41) is 3.90. The first kappa shape index (κ1) is 17.8. The molecule has 24 heavy (non-hydrogen) atoms. The van der Waals surface area contributed by atoms with Crippen LogP contribution >= 0.6 is 11.3 Å². The number of rotatable bonds is 8. The van der Waals surface area contributed by atoms with Gasteiger partial charge in [-0.25, -0.2) is 4.98 Å². The molecule has 0 bridgehead atoms. The second-order valence-corrected chi connectivity index (χ2v) is 6.24. The van der Waals surface area contributed by atoms with Gasteiger partial charge in [0.1, 0.15) is 11.5 Å². The second-order valence-electron chi connectivity index (χ2n) is 5.20. The number of benzene rings is 1. The van der Waals surface area contributed by atoms with Gasteiger partial charge in [-0.3, -0.25) is 4.79 Å². The van der Waals surface area contributed by atoms with E-state index in [1.807, 2.05) is 37.2 Å². The highest BCUT2D eigenvalue weighted by molar-refractivity contribution is 7.17. The number of aromatic nitrogens is 1. The molecule has 128 valence electrons. The molecule has 7 heteroatoms. The predicted octanol–water partition coefficient (Wildman–Crippen LogP) is 3.03. The smallest absolute Gasteiger partial charge is 0.198 e. The van der Waals surface area contributed by atoms with E-state index < -0.39 is 0 Å². The van der Waals surface area contributed by atoms with E-state index in [2.05, 4.69) is 10.3 Å². The van der Waals surface area contributed by atoms with Crippen molar-refractivity contribution in [3.05, 3.63) is 47.1 Å². The number of anilines is 1. The molecule has 0 aliphatic carbocycles. The van der Waals surface area contributed by atoms with E-state index in [1.165, 1.54) is 17.4 Å². The molecule has 0 aliphatic heterocycles. The van der Waals surface area contributed by atoms with Gasteiger partial charge >= 0.3 is 0 Å². The zero-order chi connectivity index (χ0) is 17.5. The number of hydrogen-bond donors (Lipinski definition) is 1. The van der Waals surface area contributed by atoms with Crippen molar-refractivity contribution >= 4 is 22.3 Å². The predicted molar refractivity (Wildman–Crippen MR) is 96.1 cm³/mol. The Balaban J connectivity index is 2.02. The fourth-order valence-corrected chi connectivity index (χ4v) is 2.67. The monoisotopic (exact) mass is 347 g/mol. The van der Waals surface area contributed by atoms with Crippen LogP contribution in [-0.4, -0.2) is 44.0 Å². The summed E-state index contributed by atoms with van der Waals surface area (Å²) in [5.41, 5.74) is 0.980. The van der Waals surface area contributed by atoms with Gasteiger partial charge in [0, 0.05) is 44.5 Å². The quantitative estimate of drug-likeness (QED) is 0.585. The van der Waals surface area contributed by atoms with Gasteiger partial charge in [-0.1, -0.05) is 11.3 Å². The summed E-state index contributed by atoms with van der Waals surface area (Å²) in [4.78, 5) is 18.7. The summed E-state index contributed by atoms with van der Waals surface area (Å²) < 4.78 is 10.6. The Morgan fingerprint density at radius 3 is 2.79 bits per heavy atom. The maximum atomic E-state index is 12.0. The standard InChI is InChI=1S/C17H21N3O3S/c1-20(2)8-7-14(21)16-11-19-17(24-16)18-10-12-5-6-13(22-3)9-15(12)23-4/h5-9,11H,10H2,1-4H3,(H,18,19). The number of carbonyl (C=O) groups is 1. The fourth-order valence-electron chi connectivity index (χ4n) is 1.94. The van der Waals surface area contributed by atoms with Crippen molar-refractivity contribution < 1.29 is 14.3 Å². The lowest BCUT2D eigenvalue weighted by atomic mass is 10.2. The molecule has 2 rings (SSSR count). The summed E-state index contributed by atoms with van der Waals surface area (Å²) in [6.07, 6.45) is 4.84. The van der Waals surface area contributed by atoms with Gasteiger partial charge in [0.05, 0.1) is 25.3 Å². The molecule has 6 nitrogen and oxygen atoms in total. The van der Waals surface area contributed by atoms with E-state index in [1.54, 1.807) is 26.6 Å². The molecule has 0 unspecified atom stereocenters. The molecule has 0 spiro atoms. The summed E-state index contributed by atoms with van der Waals surface area (Å²) in [5.74, 6) is 1.42. The summed E-state index contributed by atoms with van der Waals surface area (Å²) in [6.45, 7) is 0.544. The number of nitrogens with one attached hydrogen (secondary N) is 1. The van der Waals surface area contributed by atoms with Crippen molar-refractivity contribution in [2.75, 3.05) is 33.6 Å². The molecular formula is C17H21N3O3S. The Hall–Kier alpha value is -2.54. The largest absolute Gasteiger partial charge is 0.497 e. The lowest BCUT2D eigenvalue weighted by molar-refractivity contribution is 0.104. The number of ketones is 1. The first-order valence-corrected chi connectivity index (χ1v) is 8.14. The van der Waals surface area contributed by atoms with Gasteiger partial charge in [-0.05, 0) is 12.1 Å². The molecule has 1 heterocycles. The number of thiazole rings is 1. The SMILES string of the molecule is COc1ccc(CNc2ncc(C(=O)C=CN(C)C)s2)c(OC)c1. The Morgan fingerprint density at radius 2 is 2.12 bits per heavy atom. The first-order valence-electron chi connectivity index (χ1n) is 7.33. The average molecular weight is 347 g/mol. The highest BCUT2D eigenvalue weighted by atomic mass is 32.1. The van der Waals surface area contributed by atoms with Crippen LogP contribution in [0.3, 0.4) is 0 Å². The van der Waals surface area contributed by atoms with Crippen LogP contribution in [0, 0.1) is 0 Å². The third kappa shape index (κ3) is 4.73. The third-order valence-electron chi connectivity index (χ3n) is 3.20. The van der Waals surface area contributed by atoms with Gasteiger partial charge in [0.15, 0.2) is 10.9 Å². The molecule has 0 radical (unpaired) electrons. The highest BCUT2D eigenvalue weighted by Gasteiger charge is 2.09. The third-order valence-corrected chi connectivity index (χ3v) is 4.17. The van der Waals surface area contributed by atoms with Crippen LogP contribution in [0.1, 0.15) is 15.2 Å². The number of hydrogen-bond acceptors (Lipinski definition) is 7. The maximum Gasteiger partial charge on any atom is 0.198 e. The highest BCUT2D eigenvalue weighted by Crippen LogP contribution is 2.26. The summed E-state index contributed by atoms with van der Waals surface area (Å²) >= 11 is 1.33. The van der Waals surface area contributed by atoms with E-state index in [0.29, 0.717) is 16.6 Å². The maximum absolute atomic E-state index is 12.0. The van der Waals surface area contributed by atoms with Crippen LogP contribution in [0.5, 0.6) is 11.5 Å². The van der Waals surface area contributed by atoms with Crippen molar-refractivity contribution in [3.8, 4) is 11.5 Å². The van der Waals surface area contributed by atoms with Crippen molar-refractivity contribution in [3.63, 3.8) is 0 Å². The van der Waals surface area contributed by atoms with Crippen molar-refractivity contribution in [1.82, 2.24) is 9.88 Å². The minimum absolute atomic E-state index is 0.0590. The Bertz CT molecular complexity index is 726. The number of ether oxygens (including phenoxy) is 2. The zero-order valence-corrected chi connectivity index (χ0v) is 15.0. The molecule has 2 aromatic rings. The number of allylic oxidation sites excluding steroid dienone is 1. The molecule has 0 amide bonds.